The van der Waals surface area contributed by atoms with Crippen LogP contribution in [0.15, 0.2) is 48.5 Å². The fourth-order valence-electron chi connectivity index (χ4n) is 1.55. The van der Waals surface area contributed by atoms with Gasteiger partial charge in [0.15, 0.2) is 0 Å². The van der Waals surface area contributed by atoms with Crippen molar-refractivity contribution in [2.24, 2.45) is 0 Å². The predicted molar refractivity (Wildman–Crippen MR) is 77.3 cm³/mol. The molecule has 116 valence electrons. The van der Waals surface area contributed by atoms with Gasteiger partial charge in [-0.3, -0.25) is 0 Å². The third-order valence-electron chi connectivity index (χ3n) is 2.66. The van der Waals surface area contributed by atoms with Gasteiger partial charge in [-0.15, -0.1) is 0 Å². The summed E-state index contributed by atoms with van der Waals surface area (Å²) in [5.74, 6) is -1.15. The van der Waals surface area contributed by atoms with Crippen molar-refractivity contribution in [2.45, 2.75) is 0 Å². The van der Waals surface area contributed by atoms with Crippen LogP contribution in [0, 0.1) is 0 Å². The smallest absolute Gasteiger partial charge is 0.545 e. The van der Waals surface area contributed by atoms with Gasteiger partial charge in [-0.05, 0) is 36.4 Å². The van der Waals surface area contributed by atoms with Crippen molar-refractivity contribution >= 4 is 11.9 Å². The number of ether oxygens (including phenoxy) is 2. The molecule has 7 heteroatoms. The fraction of sp³-hybridized carbons (Fsp3) is 0.125. The molecule has 2 aromatic rings. The Morgan fingerprint density at radius 2 is 1.52 bits per heavy atom. The maximum absolute atomic E-state index is 10.4. The van der Waals surface area contributed by atoms with E-state index in [2.05, 4.69) is 0 Å². The molecule has 2 rings (SSSR count). The first-order valence-electron chi connectivity index (χ1n) is 6.21. The normalized spacial score (nSPS) is 8.78. The summed E-state index contributed by atoms with van der Waals surface area (Å²) >= 11 is 0. The number of carbonyl (C=O) groups excluding carboxylic acids is 1. The van der Waals surface area contributed by atoms with Crippen LogP contribution < -0.4 is 66.0 Å². The van der Waals surface area contributed by atoms with E-state index in [1.807, 2.05) is 0 Å². The van der Waals surface area contributed by atoms with Gasteiger partial charge in [0.1, 0.15) is 11.5 Å². The summed E-state index contributed by atoms with van der Waals surface area (Å²) in [5.41, 5.74) is 0.348. The molecule has 1 N–H and O–H groups in total. The molecule has 0 amide bonds. The Kier molecular flexibility index (Phi) is 10.5. The summed E-state index contributed by atoms with van der Waals surface area (Å²) in [4.78, 5) is 20.7. The SMILES string of the molecule is COc1ccc(C(=O)O)cc1.COc1ccccc1C(=O)[O-].[K+]. The second-order valence-corrected chi connectivity index (χ2v) is 4.02. The van der Waals surface area contributed by atoms with Crippen LogP contribution in [0.5, 0.6) is 11.5 Å². The Labute approximate surface area is 176 Å². The molecule has 0 bridgehead atoms. The maximum atomic E-state index is 10.4. The standard InChI is InChI=1S/2C8H8O3.K/c1-11-7-4-2-6(3-5-7)8(9)10;1-11-7-5-3-2-4-6(7)8(9)10;/h2*2-5H,1H3,(H,9,10);/q;;+1/p-1. The van der Waals surface area contributed by atoms with Crippen LogP contribution in [0.2, 0.25) is 0 Å². The minimum Gasteiger partial charge on any atom is -0.545 e. The van der Waals surface area contributed by atoms with Crippen LogP contribution in [0.3, 0.4) is 0 Å². The van der Waals surface area contributed by atoms with Gasteiger partial charge in [-0.2, -0.15) is 0 Å². The quantitative estimate of drug-likeness (QED) is 0.677. The molecule has 0 heterocycles. The molecule has 0 aromatic heterocycles. The topological polar surface area (TPSA) is 95.9 Å². The predicted octanol–water partition coefficient (Wildman–Crippen LogP) is -1.54. The van der Waals surface area contributed by atoms with E-state index in [9.17, 15) is 14.7 Å². The van der Waals surface area contributed by atoms with Crippen molar-refractivity contribution in [3.8, 4) is 11.5 Å². The van der Waals surface area contributed by atoms with Crippen LogP contribution in [0.25, 0.3) is 0 Å². The van der Waals surface area contributed by atoms with Crippen LogP contribution in [0.4, 0.5) is 0 Å². The van der Waals surface area contributed by atoms with E-state index in [4.69, 9.17) is 14.6 Å². The average Bonchev–Trinajstić information content (AvgIpc) is 2.55. The second-order valence-electron chi connectivity index (χ2n) is 4.02. The minimum atomic E-state index is -1.22. The third-order valence-corrected chi connectivity index (χ3v) is 2.66. The van der Waals surface area contributed by atoms with Gasteiger partial charge in [-0.25, -0.2) is 4.79 Å². The van der Waals surface area contributed by atoms with Crippen molar-refractivity contribution in [2.75, 3.05) is 14.2 Å². The molecule has 0 atom stereocenters. The Bertz CT molecular complexity index is 639. The van der Waals surface area contributed by atoms with Crippen molar-refractivity contribution < 1.29 is 80.7 Å². The van der Waals surface area contributed by atoms with Crippen molar-refractivity contribution in [3.05, 3.63) is 59.7 Å². The number of rotatable bonds is 4. The molecule has 2 aromatic carbocycles. The number of aromatic carboxylic acids is 2. The summed E-state index contributed by atoms with van der Waals surface area (Å²) in [6, 6.07) is 12.6. The molecule has 0 spiro atoms. The molecule has 0 unspecified atom stereocenters. The Balaban J connectivity index is 0.000000403. The number of carboxylic acid groups (broad SMARTS) is 2. The number of methoxy groups -OCH3 is 2. The first kappa shape index (κ1) is 21.6. The Morgan fingerprint density at radius 3 is 1.91 bits per heavy atom. The third kappa shape index (κ3) is 7.15. The molecule has 0 aliphatic carbocycles. The maximum Gasteiger partial charge on any atom is 1.00 e. The number of hydrogen-bond donors (Lipinski definition) is 1. The Hall–Kier alpha value is -1.38. The minimum absolute atomic E-state index is 0. The monoisotopic (exact) mass is 342 g/mol. The summed E-state index contributed by atoms with van der Waals surface area (Å²) in [7, 11) is 2.96. The zero-order valence-corrected chi connectivity index (χ0v) is 16.2. The van der Waals surface area contributed by atoms with Crippen LogP contribution in [0.1, 0.15) is 20.7 Å². The van der Waals surface area contributed by atoms with Gasteiger partial charge in [0.25, 0.3) is 0 Å². The first-order valence-corrected chi connectivity index (χ1v) is 6.21. The van der Waals surface area contributed by atoms with Crippen LogP contribution in [-0.4, -0.2) is 31.3 Å². The van der Waals surface area contributed by atoms with Gasteiger partial charge >= 0.3 is 57.4 Å². The van der Waals surface area contributed by atoms with Gasteiger partial charge in [0.2, 0.25) is 0 Å². The largest absolute Gasteiger partial charge is 1.00 e. The van der Waals surface area contributed by atoms with Crippen LogP contribution in [-0.2, 0) is 0 Å². The summed E-state index contributed by atoms with van der Waals surface area (Å²) in [5, 5.41) is 18.9. The molecule has 0 radical (unpaired) electrons. The average molecular weight is 342 g/mol. The van der Waals surface area contributed by atoms with E-state index in [1.54, 1.807) is 30.3 Å². The molecular formula is C16H15KO6. The zero-order valence-electron chi connectivity index (χ0n) is 13.1. The van der Waals surface area contributed by atoms with Crippen molar-refractivity contribution in [1.82, 2.24) is 0 Å². The van der Waals surface area contributed by atoms with Crippen molar-refractivity contribution in [3.63, 3.8) is 0 Å². The van der Waals surface area contributed by atoms with E-state index >= 15 is 0 Å². The van der Waals surface area contributed by atoms with E-state index in [0.717, 1.165) is 0 Å². The molecular weight excluding hydrogens is 327 g/mol. The summed E-state index contributed by atoms with van der Waals surface area (Å²) in [6.45, 7) is 0. The first-order chi connectivity index (χ1) is 10.5. The number of hydrogen-bond acceptors (Lipinski definition) is 5. The van der Waals surface area contributed by atoms with Gasteiger partial charge < -0.3 is 24.5 Å². The van der Waals surface area contributed by atoms with Gasteiger partial charge in [0.05, 0.1) is 25.8 Å². The molecule has 0 saturated carbocycles. The summed E-state index contributed by atoms with van der Waals surface area (Å²) < 4.78 is 9.64. The van der Waals surface area contributed by atoms with E-state index < -0.39 is 11.9 Å². The van der Waals surface area contributed by atoms with Gasteiger partial charge in [-0.1, -0.05) is 12.1 Å². The van der Waals surface area contributed by atoms with Crippen molar-refractivity contribution in [1.29, 1.82) is 0 Å². The van der Waals surface area contributed by atoms with E-state index in [-0.39, 0.29) is 62.5 Å². The van der Waals surface area contributed by atoms with Crippen LogP contribution >= 0.6 is 0 Å². The number of carboxylic acids is 2. The molecule has 6 nitrogen and oxygen atoms in total. The van der Waals surface area contributed by atoms with Gasteiger partial charge in [0, 0.05) is 5.56 Å². The molecule has 23 heavy (non-hydrogen) atoms. The molecule has 0 aliphatic rings. The molecule has 0 fully saturated rings. The van der Waals surface area contributed by atoms with E-state index in [1.165, 1.54) is 32.4 Å². The van der Waals surface area contributed by atoms with E-state index in [0.29, 0.717) is 11.5 Å². The zero-order chi connectivity index (χ0) is 16.5. The number of para-hydroxylation sites is 1. The molecule has 0 aliphatic heterocycles. The number of benzene rings is 2. The number of carbonyl (C=O) groups is 2. The fourth-order valence-corrected chi connectivity index (χ4v) is 1.55. The summed E-state index contributed by atoms with van der Waals surface area (Å²) in [6.07, 6.45) is 0. The second kappa shape index (κ2) is 11.2. The Morgan fingerprint density at radius 1 is 0.957 bits per heavy atom. The molecule has 0 saturated heterocycles.